The van der Waals surface area contributed by atoms with Crippen molar-refractivity contribution in [2.45, 2.75) is 45.2 Å². The number of nitrogens with two attached hydrogens (primary N) is 1. The van der Waals surface area contributed by atoms with Crippen LogP contribution in [0.3, 0.4) is 0 Å². The van der Waals surface area contributed by atoms with E-state index in [0.29, 0.717) is 17.8 Å². The molecule has 3 aromatic rings. The molecule has 2 amide bonds. The van der Waals surface area contributed by atoms with Crippen molar-refractivity contribution < 1.29 is 19.1 Å². The van der Waals surface area contributed by atoms with E-state index < -0.39 is 29.9 Å². The predicted octanol–water partition coefficient (Wildman–Crippen LogP) is 3.27. The maximum atomic E-state index is 14.9. The van der Waals surface area contributed by atoms with E-state index in [1.54, 1.807) is 42.3 Å². The molecule has 0 aliphatic heterocycles. The summed E-state index contributed by atoms with van der Waals surface area (Å²) in [6, 6.07) is 3.53. The summed E-state index contributed by atoms with van der Waals surface area (Å²) in [5.74, 6) is -1.75. The molecule has 0 bridgehead atoms. The molecule has 0 aliphatic rings. The lowest BCUT2D eigenvalue weighted by Gasteiger charge is -2.26. The van der Waals surface area contributed by atoms with Gasteiger partial charge >= 0.3 is 6.09 Å². The number of anilines is 3. The summed E-state index contributed by atoms with van der Waals surface area (Å²) in [6.07, 6.45) is 7.56. The number of carbonyl (C=O) groups is 2. The summed E-state index contributed by atoms with van der Waals surface area (Å²) in [6.45, 7) is 3.68. The Morgan fingerprint density at radius 3 is 2.71 bits per heavy atom. The molecular weight excluding hydrogens is 443 g/mol. The van der Waals surface area contributed by atoms with Gasteiger partial charge < -0.3 is 26.8 Å². The third kappa shape index (κ3) is 6.18. The van der Waals surface area contributed by atoms with E-state index in [9.17, 15) is 14.0 Å². The van der Waals surface area contributed by atoms with Crippen molar-refractivity contribution in [3.05, 3.63) is 54.4 Å². The van der Waals surface area contributed by atoms with Crippen LogP contribution in [-0.4, -0.2) is 48.9 Å². The fourth-order valence-corrected chi connectivity index (χ4v) is 3.40. The number of unbranched alkanes of at least 4 members (excludes halogenated alkanes) is 1. The average molecular weight is 471 g/mol. The number of carboxylic acid groups (broad SMARTS) is 1. The molecule has 0 unspecified atom stereocenters. The first-order valence-corrected chi connectivity index (χ1v) is 10.8. The molecule has 3 heterocycles. The van der Waals surface area contributed by atoms with Crippen LogP contribution in [0.4, 0.5) is 26.5 Å². The van der Waals surface area contributed by atoms with Gasteiger partial charge in [0, 0.05) is 24.5 Å². The number of amides is 2. The van der Waals surface area contributed by atoms with Crippen LogP contribution in [-0.2, 0) is 0 Å². The fourth-order valence-electron chi connectivity index (χ4n) is 3.40. The van der Waals surface area contributed by atoms with E-state index >= 15 is 0 Å². The third-order valence-corrected chi connectivity index (χ3v) is 5.14. The number of nitrogens with zero attached hydrogens (tertiary/aromatic N) is 4. The van der Waals surface area contributed by atoms with Gasteiger partial charge in [0.1, 0.15) is 5.82 Å². The molecule has 3 aromatic heterocycles. The number of hydrogen-bond acceptors (Lipinski definition) is 7. The summed E-state index contributed by atoms with van der Waals surface area (Å²) >= 11 is 0. The molecule has 0 aromatic carbocycles. The minimum atomic E-state index is -1.18. The second kappa shape index (κ2) is 11.1. The number of rotatable bonds is 11. The lowest BCUT2D eigenvalue weighted by molar-refractivity contribution is 0.100. The van der Waals surface area contributed by atoms with Crippen molar-refractivity contribution in [1.82, 2.24) is 25.1 Å². The first kappa shape index (κ1) is 24.4. The standard InChI is InChI=1S/C22H27FN8O3/c1-3-4-6-18(13(2)27-22(33)34)29-21-17(23)10-16(19(24)32)20(30-21)28-14-9-15(12-25-11-14)31-8-5-7-26-31/h5,7-13,18,27H,3-4,6H2,1-2H3,(H2,24,32)(H,33,34)(H2,28,29,30)/t13-,18-/m0/s1. The highest BCUT2D eigenvalue weighted by atomic mass is 19.1. The molecule has 180 valence electrons. The number of hydrogen-bond donors (Lipinski definition) is 5. The summed E-state index contributed by atoms with van der Waals surface area (Å²) in [5.41, 5.74) is 6.44. The van der Waals surface area contributed by atoms with E-state index in [0.717, 1.165) is 18.9 Å². The molecule has 6 N–H and O–H groups in total. The minimum Gasteiger partial charge on any atom is -0.465 e. The maximum Gasteiger partial charge on any atom is 0.404 e. The third-order valence-electron chi connectivity index (χ3n) is 5.14. The Morgan fingerprint density at radius 1 is 1.26 bits per heavy atom. The number of carbonyl (C=O) groups excluding carboxylic acids is 1. The summed E-state index contributed by atoms with van der Waals surface area (Å²) in [7, 11) is 0. The van der Waals surface area contributed by atoms with Crippen LogP contribution in [0.5, 0.6) is 0 Å². The molecule has 34 heavy (non-hydrogen) atoms. The van der Waals surface area contributed by atoms with Crippen molar-refractivity contribution >= 4 is 29.3 Å². The van der Waals surface area contributed by atoms with Crippen molar-refractivity contribution in [3.8, 4) is 5.69 Å². The Bertz CT molecular complexity index is 1140. The second-order valence-corrected chi connectivity index (χ2v) is 7.72. The fraction of sp³-hybridized carbons (Fsp3) is 0.318. The highest BCUT2D eigenvalue weighted by Crippen LogP contribution is 2.25. The van der Waals surface area contributed by atoms with Gasteiger partial charge in [-0.05, 0) is 31.5 Å². The molecule has 0 radical (unpaired) electrons. The number of halogens is 1. The molecule has 0 spiro atoms. The lowest BCUT2D eigenvalue weighted by atomic mass is 10.0. The number of primary amides is 1. The Morgan fingerprint density at radius 2 is 2.06 bits per heavy atom. The normalized spacial score (nSPS) is 12.6. The highest BCUT2D eigenvalue weighted by molar-refractivity contribution is 5.98. The molecule has 0 fully saturated rings. The van der Waals surface area contributed by atoms with Gasteiger partial charge in [-0.3, -0.25) is 9.78 Å². The van der Waals surface area contributed by atoms with Gasteiger partial charge in [-0.1, -0.05) is 19.8 Å². The van der Waals surface area contributed by atoms with E-state index in [1.165, 1.54) is 6.20 Å². The number of nitrogens with one attached hydrogen (secondary N) is 3. The molecule has 12 heteroatoms. The van der Waals surface area contributed by atoms with Gasteiger partial charge in [-0.15, -0.1) is 0 Å². The molecule has 0 aliphatic carbocycles. The van der Waals surface area contributed by atoms with Gasteiger partial charge in [0.05, 0.1) is 29.3 Å². The SMILES string of the molecule is CCCC[C@H](Nc1nc(Nc2cncc(-n3cccn3)c2)c(C(N)=O)cc1F)[C@H](C)NC(=O)O. The van der Waals surface area contributed by atoms with Crippen LogP contribution in [0.15, 0.2) is 43.0 Å². The minimum absolute atomic E-state index is 0.0314. The van der Waals surface area contributed by atoms with Gasteiger partial charge in [-0.2, -0.15) is 5.10 Å². The Hall–Kier alpha value is -4.22. The van der Waals surface area contributed by atoms with E-state index in [4.69, 9.17) is 10.8 Å². The Kier molecular flexibility index (Phi) is 7.96. The van der Waals surface area contributed by atoms with Gasteiger partial charge in [0.15, 0.2) is 11.6 Å². The van der Waals surface area contributed by atoms with E-state index in [2.05, 4.69) is 31.0 Å². The second-order valence-electron chi connectivity index (χ2n) is 7.72. The molecule has 0 saturated heterocycles. The van der Waals surface area contributed by atoms with Gasteiger partial charge in [-0.25, -0.2) is 18.9 Å². The molecule has 2 atom stereocenters. The van der Waals surface area contributed by atoms with Crippen LogP contribution >= 0.6 is 0 Å². The summed E-state index contributed by atoms with van der Waals surface area (Å²) in [5, 5.41) is 21.6. The Balaban J connectivity index is 1.92. The zero-order valence-corrected chi connectivity index (χ0v) is 18.8. The molecule has 0 saturated carbocycles. The molecular formula is C22H27FN8O3. The molecule has 3 rings (SSSR count). The van der Waals surface area contributed by atoms with Crippen molar-refractivity contribution in [2.24, 2.45) is 5.73 Å². The summed E-state index contributed by atoms with van der Waals surface area (Å²) in [4.78, 5) is 31.5. The number of pyridine rings is 2. The van der Waals surface area contributed by atoms with Crippen LogP contribution in [0.2, 0.25) is 0 Å². The largest absolute Gasteiger partial charge is 0.465 e. The van der Waals surface area contributed by atoms with Crippen molar-refractivity contribution in [2.75, 3.05) is 10.6 Å². The van der Waals surface area contributed by atoms with E-state index in [-0.39, 0.29) is 17.2 Å². The Labute approximate surface area is 195 Å². The topological polar surface area (TPSA) is 160 Å². The first-order valence-electron chi connectivity index (χ1n) is 10.8. The summed E-state index contributed by atoms with van der Waals surface area (Å²) < 4.78 is 16.5. The van der Waals surface area contributed by atoms with E-state index in [1.807, 2.05) is 6.92 Å². The van der Waals surface area contributed by atoms with Crippen LogP contribution in [0.25, 0.3) is 5.69 Å². The predicted molar refractivity (Wildman–Crippen MR) is 125 cm³/mol. The van der Waals surface area contributed by atoms with Crippen LogP contribution < -0.4 is 21.7 Å². The zero-order valence-electron chi connectivity index (χ0n) is 18.8. The smallest absolute Gasteiger partial charge is 0.404 e. The average Bonchev–Trinajstić information content (AvgIpc) is 3.33. The quantitative estimate of drug-likeness (QED) is 0.285. The lowest BCUT2D eigenvalue weighted by Crippen LogP contribution is -2.44. The zero-order chi connectivity index (χ0) is 24.7. The van der Waals surface area contributed by atoms with Gasteiger partial charge in [0.2, 0.25) is 0 Å². The van der Waals surface area contributed by atoms with Crippen molar-refractivity contribution in [1.29, 1.82) is 0 Å². The first-order chi connectivity index (χ1) is 16.3. The maximum absolute atomic E-state index is 14.9. The van der Waals surface area contributed by atoms with Crippen LogP contribution in [0.1, 0.15) is 43.5 Å². The van der Waals surface area contributed by atoms with Gasteiger partial charge in [0.25, 0.3) is 5.91 Å². The monoisotopic (exact) mass is 470 g/mol. The molecule has 11 nitrogen and oxygen atoms in total. The highest BCUT2D eigenvalue weighted by Gasteiger charge is 2.23. The van der Waals surface area contributed by atoms with Crippen molar-refractivity contribution in [3.63, 3.8) is 0 Å². The van der Waals surface area contributed by atoms with Crippen LogP contribution in [0, 0.1) is 5.82 Å². The number of aromatic nitrogens is 4.